The second-order valence-electron chi connectivity index (χ2n) is 4.00. The zero-order valence-electron chi connectivity index (χ0n) is 10.1. The number of nitro benzene ring substituents is 1. The number of nitro groups is 1. The Labute approximate surface area is 127 Å². The van der Waals surface area contributed by atoms with E-state index < -0.39 is 10.7 Å². The molecule has 1 N–H and O–H groups in total. The van der Waals surface area contributed by atoms with E-state index >= 15 is 0 Å². The van der Waals surface area contributed by atoms with E-state index in [4.69, 9.17) is 11.6 Å². The second kappa shape index (κ2) is 6.19. The summed E-state index contributed by atoms with van der Waals surface area (Å²) in [5.74, 6) is -0.541. The van der Waals surface area contributed by atoms with Crippen molar-refractivity contribution < 1.29 is 9.31 Å². The number of rotatable bonds is 4. The highest BCUT2D eigenvalue weighted by atomic mass is 79.9. The predicted octanol–water partition coefficient (Wildman–Crippen LogP) is 4.76. The van der Waals surface area contributed by atoms with Gasteiger partial charge in [0, 0.05) is 12.6 Å². The van der Waals surface area contributed by atoms with Crippen LogP contribution in [-0.4, -0.2) is 4.92 Å². The van der Waals surface area contributed by atoms with Gasteiger partial charge >= 0.3 is 0 Å². The fourth-order valence-electron chi connectivity index (χ4n) is 1.65. The summed E-state index contributed by atoms with van der Waals surface area (Å²) in [5, 5.41) is 13.7. The van der Waals surface area contributed by atoms with E-state index in [1.807, 2.05) is 0 Å². The van der Waals surface area contributed by atoms with Crippen LogP contribution in [0.4, 0.5) is 15.8 Å². The summed E-state index contributed by atoms with van der Waals surface area (Å²) in [4.78, 5) is 10.3. The molecule has 2 aromatic carbocycles. The Balaban J connectivity index is 2.17. The molecule has 0 atom stereocenters. The van der Waals surface area contributed by atoms with Crippen LogP contribution in [0.25, 0.3) is 0 Å². The molecular formula is C13H9BrClFN2O2. The lowest BCUT2D eigenvalue weighted by atomic mass is 10.2. The smallest absolute Gasteiger partial charge is 0.283 e. The molecule has 0 bridgehead atoms. The minimum Gasteiger partial charge on any atom is -0.379 e. The van der Waals surface area contributed by atoms with Crippen molar-refractivity contribution >= 4 is 38.9 Å². The molecule has 20 heavy (non-hydrogen) atoms. The number of halogens is 3. The van der Waals surface area contributed by atoms with Crippen LogP contribution >= 0.6 is 27.5 Å². The van der Waals surface area contributed by atoms with Gasteiger partial charge in [0.2, 0.25) is 0 Å². The van der Waals surface area contributed by atoms with Crippen LogP contribution in [0, 0.1) is 15.9 Å². The maximum Gasteiger partial charge on any atom is 0.283 e. The van der Waals surface area contributed by atoms with Crippen LogP contribution in [0.1, 0.15) is 5.56 Å². The lowest BCUT2D eigenvalue weighted by molar-refractivity contribution is -0.385. The van der Waals surface area contributed by atoms with E-state index in [0.717, 1.165) is 0 Å². The fourth-order valence-corrected chi connectivity index (χ4v) is 2.21. The lowest BCUT2D eigenvalue weighted by Crippen LogP contribution is -2.02. The minimum absolute atomic E-state index is 0.0248. The molecule has 0 spiro atoms. The summed E-state index contributed by atoms with van der Waals surface area (Å²) >= 11 is 8.78. The van der Waals surface area contributed by atoms with Gasteiger partial charge < -0.3 is 5.32 Å². The summed E-state index contributed by atoms with van der Waals surface area (Å²) < 4.78 is 14.1. The van der Waals surface area contributed by atoms with Gasteiger partial charge in [-0.2, -0.15) is 0 Å². The summed E-state index contributed by atoms with van der Waals surface area (Å²) in [6, 6.07) is 9.36. The highest BCUT2D eigenvalue weighted by Gasteiger charge is 2.12. The molecule has 7 heteroatoms. The molecule has 2 aromatic rings. The van der Waals surface area contributed by atoms with Crippen molar-refractivity contribution in [1.82, 2.24) is 0 Å². The molecule has 0 fully saturated rings. The van der Waals surface area contributed by atoms with E-state index in [1.165, 1.54) is 12.1 Å². The van der Waals surface area contributed by atoms with Crippen molar-refractivity contribution in [3.8, 4) is 0 Å². The fraction of sp³-hybridized carbons (Fsp3) is 0.0769. The molecule has 0 aliphatic carbocycles. The Bertz CT molecular complexity index is 667. The van der Waals surface area contributed by atoms with Gasteiger partial charge in [0.25, 0.3) is 5.69 Å². The third-order valence-corrected chi connectivity index (χ3v) is 3.60. The first-order valence-corrected chi connectivity index (χ1v) is 6.77. The molecule has 0 aliphatic rings. The van der Waals surface area contributed by atoms with Crippen LogP contribution in [0.15, 0.2) is 40.9 Å². The Morgan fingerprint density at radius 3 is 2.80 bits per heavy atom. The van der Waals surface area contributed by atoms with Gasteiger partial charge in [0.1, 0.15) is 0 Å². The second-order valence-corrected chi connectivity index (χ2v) is 5.26. The third-order valence-electron chi connectivity index (χ3n) is 2.64. The van der Waals surface area contributed by atoms with E-state index in [9.17, 15) is 14.5 Å². The number of anilines is 1. The van der Waals surface area contributed by atoms with E-state index in [0.29, 0.717) is 10.0 Å². The molecule has 0 saturated heterocycles. The summed E-state index contributed by atoms with van der Waals surface area (Å²) in [5.41, 5.74) is 0.887. The van der Waals surface area contributed by atoms with Gasteiger partial charge in [-0.25, -0.2) is 4.39 Å². The first-order chi connectivity index (χ1) is 9.49. The summed E-state index contributed by atoms with van der Waals surface area (Å²) in [6.07, 6.45) is 0. The number of nitrogens with one attached hydrogen (secondary N) is 1. The Kier molecular flexibility index (Phi) is 4.57. The molecule has 0 radical (unpaired) electrons. The van der Waals surface area contributed by atoms with Crippen molar-refractivity contribution in [2.45, 2.75) is 6.54 Å². The first-order valence-electron chi connectivity index (χ1n) is 5.59. The number of benzene rings is 2. The first kappa shape index (κ1) is 14.7. The zero-order valence-corrected chi connectivity index (χ0v) is 12.4. The highest BCUT2D eigenvalue weighted by Crippen LogP contribution is 2.27. The molecule has 2 rings (SSSR count). The molecule has 4 nitrogen and oxygen atoms in total. The Morgan fingerprint density at radius 2 is 2.10 bits per heavy atom. The average molecular weight is 360 g/mol. The molecule has 0 unspecified atom stereocenters. The maximum atomic E-state index is 13.7. The quantitative estimate of drug-likeness (QED) is 0.632. The van der Waals surface area contributed by atoms with Gasteiger partial charge in [-0.3, -0.25) is 10.1 Å². The summed E-state index contributed by atoms with van der Waals surface area (Å²) in [6.45, 7) is 0.255. The van der Waals surface area contributed by atoms with Gasteiger partial charge in [-0.1, -0.05) is 23.7 Å². The van der Waals surface area contributed by atoms with E-state index in [-0.39, 0.29) is 22.9 Å². The van der Waals surface area contributed by atoms with Gasteiger partial charge in [0.15, 0.2) is 5.82 Å². The van der Waals surface area contributed by atoms with Gasteiger partial charge in [-0.15, -0.1) is 0 Å². The van der Waals surface area contributed by atoms with Crippen LogP contribution in [0.2, 0.25) is 5.02 Å². The minimum atomic E-state index is -0.541. The largest absolute Gasteiger partial charge is 0.379 e. The number of hydrogen-bond donors (Lipinski definition) is 1. The monoisotopic (exact) mass is 358 g/mol. The van der Waals surface area contributed by atoms with Crippen LogP contribution in [0.5, 0.6) is 0 Å². The third kappa shape index (κ3) is 3.26. The van der Waals surface area contributed by atoms with E-state index in [1.54, 1.807) is 24.3 Å². The van der Waals surface area contributed by atoms with Crippen LogP contribution in [0.3, 0.4) is 0 Å². The average Bonchev–Trinajstić information content (AvgIpc) is 2.41. The van der Waals surface area contributed by atoms with E-state index in [2.05, 4.69) is 21.2 Å². The zero-order chi connectivity index (χ0) is 14.7. The summed E-state index contributed by atoms with van der Waals surface area (Å²) in [7, 11) is 0. The SMILES string of the molecule is O=[N+]([O-])c1cc(CNc2cccc(Cl)c2F)ccc1Br. The van der Waals surface area contributed by atoms with Crippen molar-refractivity contribution in [3.05, 3.63) is 67.4 Å². The number of hydrogen-bond acceptors (Lipinski definition) is 3. The molecular weight excluding hydrogens is 351 g/mol. The van der Waals surface area contributed by atoms with Crippen LogP contribution < -0.4 is 5.32 Å². The Hall–Kier alpha value is -1.66. The highest BCUT2D eigenvalue weighted by molar-refractivity contribution is 9.10. The standard InChI is InChI=1S/C13H9BrClFN2O2/c14-9-5-4-8(6-12(9)18(19)20)7-17-11-3-1-2-10(15)13(11)16/h1-6,17H,7H2. The molecule has 0 amide bonds. The molecule has 0 saturated carbocycles. The Morgan fingerprint density at radius 1 is 1.35 bits per heavy atom. The van der Waals surface area contributed by atoms with Crippen molar-refractivity contribution in [3.63, 3.8) is 0 Å². The lowest BCUT2D eigenvalue weighted by Gasteiger charge is -2.08. The van der Waals surface area contributed by atoms with Crippen molar-refractivity contribution in [2.75, 3.05) is 5.32 Å². The van der Waals surface area contributed by atoms with Crippen molar-refractivity contribution in [1.29, 1.82) is 0 Å². The predicted molar refractivity (Wildman–Crippen MR) is 79.5 cm³/mol. The van der Waals surface area contributed by atoms with Gasteiger partial charge in [-0.05, 0) is 39.7 Å². The molecule has 104 valence electrons. The van der Waals surface area contributed by atoms with Crippen LogP contribution in [-0.2, 0) is 6.54 Å². The molecule has 0 aliphatic heterocycles. The van der Waals surface area contributed by atoms with Crippen molar-refractivity contribution in [2.24, 2.45) is 0 Å². The maximum absolute atomic E-state index is 13.7. The molecule has 0 aromatic heterocycles. The number of nitrogens with zero attached hydrogens (tertiary/aromatic N) is 1. The topological polar surface area (TPSA) is 55.2 Å². The molecule has 0 heterocycles. The normalized spacial score (nSPS) is 10.3. The van der Waals surface area contributed by atoms with Gasteiger partial charge in [0.05, 0.1) is 20.1 Å².